The SMILES string of the molecule is CC(=O)O[C@H]1C[C@H]2[C@@H]3CCc4cc(O)ccc4[C@@H]3CC[C@]2(C)C1. The number of aromatic hydroxyl groups is 1. The molecule has 3 heteroatoms. The summed E-state index contributed by atoms with van der Waals surface area (Å²) in [5, 5.41) is 9.75. The number of rotatable bonds is 1. The Morgan fingerprint density at radius 1 is 1.35 bits per heavy atom. The Kier molecular flexibility index (Phi) is 3.44. The second-order valence-electron chi connectivity index (χ2n) is 8.16. The van der Waals surface area contributed by atoms with E-state index in [-0.39, 0.29) is 12.1 Å². The third-order valence-corrected chi connectivity index (χ3v) is 6.77. The van der Waals surface area contributed by atoms with Gasteiger partial charge >= 0.3 is 5.97 Å². The quantitative estimate of drug-likeness (QED) is 0.791. The van der Waals surface area contributed by atoms with Gasteiger partial charge in [0.05, 0.1) is 0 Å². The van der Waals surface area contributed by atoms with Gasteiger partial charge in [-0.2, -0.15) is 0 Å². The first-order valence-corrected chi connectivity index (χ1v) is 8.95. The highest BCUT2D eigenvalue weighted by Crippen LogP contribution is 2.61. The van der Waals surface area contributed by atoms with Crippen LogP contribution in [0.4, 0.5) is 0 Å². The predicted molar refractivity (Wildman–Crippen MR) is 88.3 cm³/mol. The van der Waals surface area contributed by atoms with Crippen molar-refractivity contribution in [1.29, 1.82) is 0 Å². The summed E-state index contributed by atoms with van der Waals surface area (Å²) in [5.41, 5.74) is 3.12. The minimum absolute atomic E-state index is 0.113. The molecule has 2 saturated carbocycles. The molecular formula is C20H26O3. The molecule has 1 N–H and O–H groups in total. The van der Waals surface area contributed by atoms with E-state index >= 15 is 0 Å². The molecule has 0 spiro atoms. The number of phenols is 1. The number of esters is 1. The van der Waals surface area contributed by atoms with Crippen molar-refractivity contribution in [2.45, 2.75) is 64.4 Å². The summed E-state index contributed by atoms with van der Waals surface area (Å²) >= 11 is 0. The average molecular weight is 314 g/mol. The van der Waals surface area contributed by atoms with Crippen LogP contribution in [0.3, 0.4) is 0 Å². The van der Waals surface area contributed by atoms with Crippen molar-refractivity contribution in [1.82, 2.24) is 0 Å². The molecule has 3 aliphatic carbocycles. The van der Waals surface area contributed by atoms with Crippen LogP contribution in [0.15, 0.2) is 18.2 Å². The predicted octanol–water partition coefficient (Wildman–Crippen LogP) is 4.18. The van der Waals surface area contributed by atoms with Crippen LogP contribution in [-0.4, -0.2) is 17.2 Å². The van der Waals surface area contributed by atoms with Gasteiger partial charge in [0.25, 0.3) is 0 Å². The summed E-state index contributed by atoms with van der Waals surface area (Å²) in [4.78, 5) is 11.3. The van der Waals surface area contributed by atoms with Gasteiger partial charge in [-0.3, -0.25) is 4.79 Å². The van der Waals surface area contributed by atoms with E-state index in [4.69, 9.17) is 4.74 Å². The van der Waals surface area contributed by atoms with Crippen molar-refractivity contribution in [3.8, 4) is 5.75 Å². The van der Waals surface area contributed by atoms with Gasteiger partial charge in [0.1, 0.15) is 11.9 Å². The van der Waals surface area contributed by atoms with Crippen LogP contribution in [0.25, 0.3) is 0 Å². The van der Waals surface area contributed by atoms with Gasteiger partial charge in [-0.25, -0.2) is 0 Å². The van der Waals surface area contributed by atoms with Crippen LogP contribution in [0, 0.1) is 17.3 Å². The molecule has 0 amide bonds. The maximum atomic E-state index is 11.3. The molecular weight excluding hydrogens is 288 g/mol. The fourth-order valence-electron chi connectivity index (χ4n) is 5.89. The van der Waals surface area contributed by atoms with E-state index in [9.17, 15) is 9.90 Å². The molecule has 1 aromatic carbocycles. The zero-order valence-electron chi connectivity index (χ0n) is 14.0. The van der Waals surface area contributed by atoms with Crippen molar-refractivity contribution in [2.75, 3.05) is 0 Å². The summed E-state index contributed by atoms with van der Waals surface area (Å²) in [5.74, 6) is 2.23. The number of ether oxygens (including phenoxy) is 1. The number of benzene rings is 1. The summed E-state index contributed by atoms with van der Waals surface area (Å²) in [6.07, 6.45) is 6.89. The zero-order chi connectivity index (χ0) is 16.2. The normalized spacial score (nSPS) is 38.3. The summed E-state index contributed by atoms with van der Waals surface area (Å²) in [6.45, 7) is 3.93. The summed E-state index contributed by atoms with van der Waals surface area (Å²) < 4.78 is 5.56. The molecule has 0 saturated heterocycles. The van der Waals surface area contributed by atoms with Crippen LogP contribution >= 0.6 is 0 Å². The van der Waals surface area contributed by atoms with Crippen molar-refractivity contribution in [2.24, 2.45) is 17.3 Å². The first kappa shape index (κ1) is 15.0. The van der Waals surface area contributed by atoms with Crippen molar-refractivity contribution < 1.29 is 14.6 Å². The molecule has 2 fully saturated rings. The van der Waals surface area contributed by atoms with Gasteiger partial charge in [0, 0.05) is 6.92 Å². The van der Waals surface area contributed by atoms with Crippen LogP contribution in [-0.2, 0) is 16.0 Å². The summed E-state index contributed by atoms with van der Waals surface area (Å²) in [6, 6.07) is 5.93. The van der Waals surface area contributed by atoms with Crippen LogP contribution in [0.1, 0.15) is 63.0 Å². The Morgan fingerprint density at radius 2 is 2.17 bits per heavy atom. The lowest BCUT2D eigenvalue weighted by molar-refractivity contribution is -0.146. The lowest BCUT2D eigenvalue weighted by atomic mass is 9.56. The number of aryl methyl sites for hydroxylation is 1. The molecule has 0 heterocycles. The van der Waals surface area contributed by atoms with E-state index < -0.39 is 0 Å². The highest BCUT2D eigenvalue weighted by molar-refractivity contribution is 5.66. The molecule has 0 radical (unpaired) electrons. The highest BCUT2D eigenvalue weighted by Gasteiger charge is 2.53. The lowest BCUT2D eigenvalue weighted by Crippen LogP contribution is -2.39. The third kappa shape index (κ3) is 2.45. The zero-order valence-corrected chi connectivity index (χ0v) is 14.0. The fourth-order valence-corrected chi connectivity index (χ4v) is 5.89. The number of hydrogen-bond donors (Lipinski definition) is 1. The topological polar surface area (TPSA) is 46.5 Å². The number of hydrogen-bond acceptors (Lipinski definition) is 3. The third-order valence-electron chi connectivity index (χ3n) is 6.77. The molecule has 23 heavy (non-hydrogen) atoms. The van der Waals surface area contributed by atoms with E-state index in [0.29, 0.717) is 28.9 Å². The van der Waals surface area contributed by atoms with Crippen molar-refractivity contribution >= 4 is 5.97 Å². The smallest absolute Gasteiger partial charge is 0.302 e. The maximum absolute atomic E-state index is 11.3. The lowest BCUT2D eigenvalue weighted by Gasteiger charge is -2.49. The van der Waals surface area contributed by atoms with Crippen LogP contribution < -0.4 is 0 Å². The second-order valence-corrected chi connectivity index (χ2v) is 8.16. The first-order chi connectivity index (χ1) is 11.0. The molecule has 1 aromatic rings. The van der Waals surface area contributed by atoms with E-state index in [1.807, 2.05) is 12.1 Å². The van der Waals surface area contributed by atoms with Gasteiger partial charge in [0.15, 0.2) is 0 Å². The molecule has 3 aliphatic rings. The molecule has 0 aliphatic heterocycles. The Labute approximate surface area is 138 Å². The molecule has 0 unspecified atom stereocenters. The average Bonchev–Trinajstić information content (AvgIpc) is 2.81. The van der Waals surface area contributed by atoms with Gasteiger partial charge in [-0.15, -0.1) is 0 Å². The molecule has 3 nitrogen and oxygen atoms in total. The number of fused-ring (bicyclic) bond motifs is 5. The minimum atomic E-state index is -0.140. The number of phenolic OH excluding ortho intramolecular Hbond substituents is 1. The molecule has 0 aromatic heterocycles. The fraction of sp³-hybridized carbons (Fsp3) is 0.650. The van der Waals surface area contributed by atoms with E-state index in [1.54, 1.807) is 0 Å². The van der Waals surface area contributed by atoms with Crippen LogP contribution in [0.5, 0.6) is 5.75 Å². The molecule has 5 atom stereocenters. The van der Waals surface area contributed by atoms with Gasteiger partial charge < -0.3 is 9.84 Å². The second kappa shape index (κ2) is 5.25. The Morgan fingerprint density at radius 3 is 2.96 bits per heavy atom. The largest absolute Gasteiger partial charge is 0.508 e. The van der Waals surface area contributed by atoms with Crippen LogP contribution in [0.2, 0.25) is 0 Å². The number of carbonyl (C=O) groups excluding carboxylic acids is 1. The standard InChI is InChI=1S/C20H26O3/c1-12(21)23-15-10-19-18-5-3-13-9-14(22)4-6-16(13)17(18)7-8-20(19,2)11-15/h4,6,9,15,17-19,22H,3,5,7-8,10-11H2,1-2H3/t15-,17-,18+,19-,20+/m0/s1. The van der Waals surface area contributed by atoms with Gasteiger partial charge in [-0.05, 0) is 85.0 Å². The van der Waals surface area contributed by atoms with E-state index in [0.717, 1.165) is 19.3 Å². The molecule has 4 rings (SSSR count). The van der Waals surface area contributed by atoms with Gasteiger partial charge in [0.2, 0.25) is 0 Å². The number of carbonyl (C=O) groups is 1. The van der Waals surface area contributed by atoms with Crippen molar-refractivity contribution in [3.05, 3.63) is 29.3 Å². The Balaban J connectivity index is 1.61. The summed E-state index contributed by atoms with van der Waals surface area (Å²) in [7, 11) is 0. The minimum Gasteiger partial charge on any atom is -0.508 e. The van der Waals surface area contributed by atoms with Crippen molar-refractivity contribution in [3.63, 3.8) is 0 Å². The van der Waals surface area contributed by atoms with E-state index in [1.165, 1.54) is 37.3 Å². The first-order valence-electron chi connectivity index (χ1n) is 8.95. The molecule has 124 valence electrons. The Bertz CT molecular complexity index is 638. The Hall–Kier alpha value is -1.51. The maximum Gasteiger partial charge on any atom is 0.302 e. The molecule has 0 bridgehead atoms. The highest BCUT2D eigenvalue weighted by atomic mass is 16.5. The van der Waals surface area contributed by atoms with E-state index in [2.05, 4.69) is 13.0 Å². The van der Waals surface area contributed by atoms with Gasteiger partial charge in [-0.1, -0.05) is 13.0 Å². The monoisotopic (exact) mass is 314 g/mol.